The zero-order valence-corrected chi connectivity index (χ0v) is 11.9. The highest BCUT2D eigenvalue weighted by Gasteiger charge is 2.20. The van der Waals surface area contributed by atoms with Crippen molar-refractivity contribution < 1.29 is 9.47 Å². The zero-order chi connectivity index (χ0) is 12.8. The molecule has 2 aliphatic rings. The van der Waals surface area contributed by atoms with Crippen molar-refractivity contribution >= 4 is 0 Å². The molecule has 0 amide bonds. The number of ether oxygens (including phenoxy) is 2. The second-order valence-electron chi connectivity index (χ2n) is 5.75. The Morgan fingerprint density at radius 3 is 2.50 bits per heavy atom. The molecule has 1 saturated heterocycles. The number of hydrogen-bond donors (Lipinski definition) is 0. The van der Waals surface area contributed by atoms with Gasteiger partial charge in [0.15, 0.2) is 0 Å². The summed E-state index contributed by atoms with van der Waals surface area (Å²) in [6.07, 6.45) is 5.87. The van der Waals surface area contributed by atoms with Gasteiger partial charge in [-0.1, -0.05) is 12.8 Å². The lowest BCUT2D eigenvalue weighted by molar-refractivity contribution is -0.0960. The van der Waals surface area contributed by atoms with Gasteiger partial charge in [-0.3, -0.25) is 0 Å². The molecule has 1 aliphatic carbocycles. The summed E-state index contributed by atoms with van der Waals surface area (Å²) < 4.78 is 11.1. The van der Waals surface area contributed by atoms with Gasteiger partial charge in [0.05, 0.1) is 25.9 Å². The summed E-state index contributed by atoms with van der Waals surface area (Å²) in [7, 11) is 4.45. The van der Waals surface area contributed by atoms with E-state index in [9.17, 15) is 0 Å². The van der Waals surface area contributed by atoms with Gasteiger partial charge in [0.2, 0.25) is 0 Å². The lowest BCUT2D eigenvalue weighted by Crippen LogP contribution is -2.42. The monoisotopic (exact) mass is 256 g/mol. The van der Waals surface area contributed by atoms with Gasteiger partial charge >= 0.3 is 0 Å². The van der Waals surface area contributed by atoms with Gasteiger partial charge < -0.3 is 19.3 Å². The summed E-state index contributed by atoms with van der Waals surface area (Å²) in [5, 5.41) is 0. The maximum atomic E-state index is 5.67. The molecule has 1 heterocycles. The lowest BCUT2D eigenvalue weighted by atomic mass is 10.2. The largest absolute Gasteiger partial charge is 0.376 e. The first-order valence-electron chi connectivity index (χ1n) is 7.34. The van der Waals surface area contributed by atoms with Crippen molar-refractivity contribution in [1.29, 1.82) is 0 Å². The van der Waals surface area contributed by atoms with Gasteiger partial charge in [-0.05, 0) is 26.9 Å². The fraction of sp³-hybridized carbons (Fsp3) is 1.00. The van der Waals surface area contributed by atoms with Crippen LogP contribution in [0.1, 0.15) is 25.7 Å². The first-order valence-corrected chi connectivity index (χ1v) is 7.34. The second kappa shape index (κ2) is 7.43. The smallest absolute Gasteiger partial charge is 0.0936 e. The Bertz CT molecular complexity index is 226. The summed E-state index contributed by atoms with van der Waals surface area (Å²) in [4.78, 5) is 4.90. The van der Waals surface area contributed by atoms with E-state index in [1.165, 1.54) is 25.7 Å². The van der Waals surface area contributed by atoms with Crippen LogP contribution in [0.5, 0.6) is 0 Å². The van der Waals surface area contributed by atoms with Crippen LogP contribution in [0.2, 0.25) is 0 Å². The molecule has 1 unspecified atom stereocenters. The van der Waals surface area contributed by atoms with Crippen LogP contribution in [0, 0.1) is 0 Å². The third-order valence-electron chi connectivity index (χ3n) is 4.18. The molecule has 4 heteroatoms. The predicted molar refractivity (Wildman–Crippen MR) is 72.9 cm³/mol. The predicted octanol–water partition coefficient (Wildman–Crippen LogP) is 1.21. The minimum atomic E-state index is 0.264. The third kappa shape index (κ3) is 4.50. The summed E-state index contributed by atoms with van der Waals surface area (Å²) in [6, 6.07) is 0.827. The van der Waals surface area contributed by atoms with Crippen molar-refractivity contribution in [3.05, 3.63) is 0 Å². The zero-order valence-electron chi connectivity index (χ0n) is 11.9. The first kappa shape index (κ1) is 14.3. The topological polar surface area (TPSA) is 24.9 Å². The van der Waals surface area contributed by atoms with Gasteiger partial charge in [-0.2, -0.15) is 0 Å². The average Bonchev–Trinajstić information content (AvgIpc) is 2.91. The van der Waals surface area contributed by atoms with Crippen LogP contribution in [0.3, 0.4) is 0 Å². The number of rotatable bonds is 6. The maximum Gasteiger partial charge on any atom is 0.0936 e. The van der Waals surface area contributed by atoms with E-state index < -0.39 is 0 Å². The molecule has 106 valence electrons. The van der Waals surface area contributed by atoms with Gasteiger partial charge in [0, 0.05) is 25.7 Å². The quantitative estimate of drug-likeness (QED) is 0.713. The minimum absolute atomic E-state index is 0.264. The van der Waals surface area contributed by atoms with Crippen LogP contribution in [0.15, 0.2) is 0 Å². The van der Waals surface area contributed by atoms with Crippen LogP contribution >= 0.6 is 0 Å². The summed E-state index contributed by atoms with van der Waals surface area (Å²) in [5.41, 5.74) is 0. The Kier molecular flexibility index (Phi) is 5.89. The molecule has 1 saturated carbocycles. The standard InChI is InChI=1S/C14H28N2O2/c1-15(11-14-12-17-9-10-18-14)7-8-16(2)13-5-3-4-6-13/h13-14H,3-12H2,1-2H3. The molecule has 0 bridgehead atoms. The molecule has 1 atom stereocenters. The number of likely N-dealkylation sites (N-methyl/N-ethyl adjacent to an activating group) is 2. The lowest BCUT2D eigenvalue weighted by Gasteiger charge is -2.30. The van der Waals surface area contributed by atoms with E-state index in [1.54, 1.807) is 0 Å². The fourth-order valence-corrected chi connectivity index (χ4v) is 2.94. The second-order valence-corrected chi connectivity index (χ2v) is 5.75. The SMILES string of the molecule is CN(CCN(C)C1CCCC1)CC1COCCO1. The molecule has 2 rings (SSSR count). The van der Waals surface area contributed by atoms with E-state index >= 15 is 0 Å². The molecule has 18 heavy (non-hydrogen) atoms. The van der Waals surface area contributed by atoms with E-state index in [2.05, 4.69) is 23.9 Å². The Morgan fingerprint density at radius 1 is 1.06 bits per heavy atom. The van der Waals surface area contributed by atoms with Crippen molar-refractivity contribution in [1.82, 2.24) is 9.80 Å². The molecule has 0 aromatic heterocycles. The van der Waals surface area contributed by atoms with Crippen LogP contribution in [-0.2, 0) is 9.47 Å². The highest BCUT2D eigenvalue weighted by Crippen LogP contribution is 2.21. The van der Waals surface area contributed by atoms with Crippen LogP contribution < -0.4 is 0 Å². The maximum absolute atomic E-state index is 5.67. The summed E-state index contributed by atoms with van der Waals surface area (Å²) in [6.45, 7) is 5.52. The normalized spacial score (nSPS) is 26.3. The van der Waals surface area contributed by atoms with Crippen LogP contribution in [-0.4, -0.2) is 75.5 Å². The van der Waals surface area contributed by atoms with E-state index in [1.807, 2.05) is 0 Å². The molecular formula is C14H28N2O2. The molecular weight excluding hydrogens is 228 g/mol. The van der Waals surface area contributed by atoms with E-state index in [4.69, 9.17) is 9.47 Å². The van der Waals surface area contributed by atoms with Gasteiger partial charge in [0.25, 0.3) is 0 Å². The van der Waals surface area contributed by atoms with Crippen LogP contribution in [0.25, 0.3) is 0 Å². The summed E-state index contributed by atoms with van der Waals surface area (Å²) in [5.74, 6) is 0. The Hall–Kier alpha value is -0.160. The van der Waals surface area contributed by atoms with Crippen molar-refractivity contribution in [3.63, 3.8) is 0 Å². The molecule has 0 spiro atoms. The highest BCUT2D eigenvalue weighted by atomic mass is 16.6. The Labute approximate surface area is 111 Å². The van der Waals surface area contributed by atoms with Gasteiger partial charge in [-0.25, -0.2) is 0 Å². The molecule has 0 N–H and O–H groups in total. The molecule has 0 aromatic rings. The fourth-order valence-electron chi connectivity index (χ4n) is 2.94. The highest BCUT2D eigenvalue weighted by molar-refractivity contribution is 4.76. The van der Waals surface area contributed by atoms with Crippen molar-refractivity contribution in [2.75, 3.05) is 53.6 Å². The summed E-state index contributed by atoms with van der Waals surface area (Å²) >= 11 is 0. The molecule has 0 radical (unpaired) electrons. The van der Waals surface area contributed by atoms with E-state index in [0.29, 0.717) is 0 Å². The van der Waals surface area contributed by atoms with Crippen molar-refractivity contribution in [2.45, 2.75) is 37.8 Å². The molecule has 2 fully saturated rings. The molecule has 0 aromatic carbocycles. The number of hydrogen-bond acceptors (Lipinski definition) is 4. The first-order chi connectivity index (χ1) is 8.75. The van der Waals surface area contributed by atoms with Crippen LogP contribution in [0.4, 0.5) is 0 Å². The Morgan fingerprint density at radius 2 is 1.83 bits per heavy atom. The molecule has 1 aliphatic heterocycles. The van der Waals surface area contributed by atoms with Gasteiger partial charge in [0.1, 0.15) is 0 Å². The van der Waals surface area contributed by atoms with Crippen molar-refractivity contribution in [2.24, 2.45) is 0 Å². The van der Waals surface area contributed by atoms with Gasteiger partial charge in [-0.15, -0.1) is 0 Å². The number of nitrogens with zero attached hydrogens (tertiary/aromatic N) is 2. The average molecular weight is 256 g/mol. The van der Waals surface area contributed by atoms with E-state index in [0.717, 1.165) is 45.5 Å². The minimum Gasteiger partial charge on any atom is -0.376 e. The van der Waals surface area contributed by atoms with E-state index in [-0.39, 0.29) is 6.10 Å². The third-order valence-corrected chi connectivity index (χ3v) is 4.18. The Balaban J connectivity index is 1.59. The molecule has 4 nitrogen and oxygen atoms in total. The van der Waals surface area contributed by atoms with Crippen molar-refractivity contribution in [3.8, 4) is 0 Å².